The number of thiocarbonyl (C=S) groups is 1. The van der Waals surface area contributed by atoms with Crippen LogP contribution in [0.3, 0.4) is 0 Å². The largest absolute Gasteiger partial charge is 0.392 e. The van der Waals surface area contributed by atoms with Gasteiger partial charge in [-0.3, -0.25) is 9.97 Å². The third kappa shape index (κ3) is 3.97. The van der Waals surface area contributed by atoms with E-state index in [0.717, 1.165) is 5.69 Å². The molecule has 0 saturated heterocycles. The fraction of sp³-hybridized carbons (Fsp3) is 0.500. The van der Waals surface area contributed by atoms with Gasteiger partial charge in [0.25, 0.3) is 0 Å². The standard InChI is InChI=1S/C10H16N4O2S2/c1-3-9(10(11)17)18(15,16)14-6-8-5-12-7(2)4-13-8/h4-5,9,14H,3,6H2,1-2H3,(H2,11,17). The molecule has 0 aliphatic rings. The fourth-order valence-corrected chi connectivity index (χ4v) is 3.20. The molecule has 0 fully saturated rings. The Kier molecular flexibility index (Phi) is 5.12. The van der Waals surface area contributed by atoms with E-state index in [4.69, 9.17) is 18.0 Å². The van der Waals surface area contributed by atoms with Crippen LogP contribution in [0.2, 0.25) is 0 Å². The topological polar surface area (TPSA) is 98.0 Å². The smallest absolute Gasteiger partial charge is 0.221 e. The second kappa shape index (κ2) is 6.17. The van der Waals surface area contributed by atoms with Crippen molar-refractivity contribution in [1.82, 2.24) is 14.7 Å². The van der Waals surface area contributed by atoms with Crippen LogP contribution in [-0.2, 0) is 16.6 Å². The number of hydrogen-bond acceptors (Lipinski definition) is 5. The summed E-state index contributed by atoms with van der Waals surface area (Å²) in [7, 11) is -3.56. The molecule has 1 rings (SSSR count). The predicted octanol–water partition coefficient (Wildman–Crippen LogP) is 0.269. The number of hydrogen-bond donors (Lipinski definition) is 2. The Morgan fingerprint density at radius 2 is 2.17 bits per heavy atom. The predicted molar refractivity (Wildman–Crippen MR) is 73.4 cm³/mol. The fourth-order valence-electron chi connectivity index (χ4n) is 1.36. The summed E-state index contributed by atoms with van der Waals surface area (Å²) in [5, 5.41) is -0.856. The number of rotatable bonds is 6. The molecule has 1 aromatic rings. The average molecular weight is 288 g/mol. The van der Waals surface area contributed by atoms with Crippen LogP contribution < -0.4 is 10.5 Å². The summed E-state index contributed by atoms with van der Waals surface area (Å²) >= 11 is 4.74. The van der Waals surface area contributed by atoms with E-state index in [9.17, 15) is 8.42 Å². The number of nitrogens with one attached hydrogen (secondary N) is 1. The molecule has 8 heteroatoms. The molecule has 0 radical (unpaired) electrons. The molecule has 1 heterocycles. The van der Waals surface area contributed by atoms with E-state index in [1.165, 1.54) is 6.20 Å². The van der Waals surface area contributed by atoms with Crippen LogP contribution in [0.4, 0.5) is 0 Å². The minimum atomic E-state index is -3.56. The molecule has 100 valence electrons. The van der Waals surface area contributed by atoms with E-state index in [-0.39, 0.29) is 11.5 Å². The van der Waals surface area contributed by atoms with Crippen molar-refractivity contribution < 1.29 is 8.42 Å². The minimum absolute atomic E-state index is 0.0278. The molecule has 6 nitrogen and oxygen atoms in total. The normalized spacial score (nSPS) is 13.2. The lowest BCUT2D eigenvalue weighted by Crippen LogP contribution is -2.41. The van der Waals surface area contributed by atoms with Gasteiger partial charge in [0.1, 0.15) is 5.25 Å². The van der Waals surface area contributed by atoms with Gasteiger partial charge in [0.05, 0.1) is 29.1 Å². The highest BCUT2D eigenvalue weighted by Gasteiger charge is 2.25. The van der Waals surface area contributed by atoms with Crippen LogP contribution in [0.5, 0.6) is 0 Å². The Hall–Kier alpha value is -1.12. The van der Waals surface area contributed by atoms with Gasteiger partial charge in [0.2, 0.25) is 10.0 Å². The zero-order valence-electron chi connectivity index (χ0n) is 10.3. The van der Waals surface area contributed by atoms with E-state index < -0.39 is 15.3 Å². The van der Waals surface area contributed by atoms with Gasteiger partial charge in [0, 0.05) is 6.20 Å². The van der Waals surface area contributed by atoms with E-state index in [0.29, 0.717) is 12.1 Å². The van der Waals surface area contributed by atoms with Gasteiger partial charge in [-0.15, -0.1) is 0 Å². The van der Waals surface area contributed by atoms with Crippen LogP contribution in [0, 0.1) is 6.92 Å². The highest BCUT2D eigenvalue weighted by atomic mass is 32.2. The molecule has 1 atom stereocenters. The highest BCUT2D eigenvalue weighted by Crippen LogP contribution is 2.06. The molecule has 3 N–H and O–H groups in total. The number of aryl methyl sites for hydroxylation is 1. The van der Waals surface area contributed by atoms with E-state index in [1.54, 1.807) is 20.0 Å². The van der Waals surface area contributed by atoms with Crippen LogP contribution >= 0.6 is 12.2 Å². The maximum absolute atomic E-state index is 11.9. The summed E-state index contributed by atoms with van der Waals surface area (Å²) in [5.74, 6) is 0. The lowest BCUT2D eigenvalue weighted by Gasteiger charge is -2.14. The third-order valence-electron chi connectivity index (χ3n) is 2.35. The highest BCUT2D eigenvalue weighted by molar-refractivity contribution is 7.93. The van der Waals surface area contributed by atoms with Crippen LogP contribution in [0.1, 0.15) is 24.7 Å². The second-order valence-corrected chi connectivity index (χ2v) is 6.23. The molecule has 0 aliphatic carbocycles. The first kappa shape index (κ1) is 14.9. The third-order valence-corrected chi connectivity index (χ3v) is 4.67. The molecule has 0 bridgehead atoms. The van der Waals surface area contributed by atoms with E-state index in [1.807, 2.05) is 0 Å². The summed E-state index contributed by atoms with van der Waals surface area (Å²) in [4.78, 5) is 8.06. The minimum Gasteiger partial charge on any atom is -0.392 e. The van der Waals surface area contributed by atoms with Crippen molar-refractivity contribution in [3.8, 4) is 0 Å². The van der Waals surface area contributed by atoms with Crippen molar-refractivity contribution in [2.75, 3.05) is 0 Å². The van der Waals surface area contributed by atoms with Crippen molar-refractivity contribution in [2.24, 2.45) is 5.73 Å². The molecule has 0 aliphatic heterocycles. The zero-order valence-corrected chi connectivity index (χ0v) is 11.9. The van der Waals surface area contributed by atoms with Crippen LogP contribution in [0.25, 0.3) is 0 Å². The number of nitrogens with zero attached hydrogens (tertiary/aromatic N) is 2. The Morgan fingerprint density at radius 3 is 2.61 bits per heavy atom. The van der Waals surface area contributed by atoms with Crippen molar-refractivity contribution in [1.29, 1.82) is 0 Å². The maximum Gasteiger partial charge on any atom is 0.221 e. The molecule has 0 saturated carbocycles. The molecule has 0 aromatic carbocycles. The maximum atomic E-state index is 11.9. The first-order valence-electron chi connectivity index (χ1n) is 5.42. The lowest BCUT2D eigenvalue weighted by atomic mass is 10.3. The van der Waals surface area contributed by atoms with Crippen LogP contribution in [-0.4, -0.2) is 28.6 Å². The molecule has 18 heavy (non-hydrogen) atoms. The summed E-state index contributed by atoms with van der Waals surface area (Å²) < 4.78 is 26.3. The number of sulfonamides is 1. The molecular weight excluding hydrogens is 272 g/mol. The molecule has 0 spiro atoms. The van der Waals surface area contributed by atoms with Gasteiger partial charge in [0.15, 0.2) is 0 Å². The lowest BCUT2D eigenvalue weighted by molar-refractivity contribution is 0.573. The number of aromatic nitrogens is 2. The van der Waals surface area contributed by atoms with Crippen molar-refractivity contribution in [2.45, 2.75) is 32.1 Å². The van der Waals surface area contributed by atoms with Gasteiger partial charge in [-0.25, -0.2) is 13.1 Å². The van der Waals surface area contributed by atoms with Gasteiger partial charge < -0.3 is 5.73 Å². The Labute approximate surface area is 112 Å². The first-order valence-corrected chi connectivity index (χ1v) is 7.37. The van der Waals surface area contributed by atoms with E-state index in [2.05, 4.69) is 14.7 Å². The van der Waals surface area contributed by atoms with Crippen LogP contribution in [0.15, 0.2) is 12.4 Å². The molecular formula is C10H16N4O2S2. The Balaban J connectivity index is 2.72. The molecule has 0 amide bonds. The quantitative estimate of drug-likeness (QED) is 0.729. The van der Waals surface area contributed by atoms with Gasteiger partial charge in [-0.05, 0) is 13.3 Å². The number of nitrogens with two attached hydrogens (primary N) is 1. The SMILES string of the molecule is CCC(C(N)=S)S(=O)(=O)NCc1cnc(C)cn1. The van der Waals surface area contributed by atoms with Gasteiger partial charge in [-0.2, -0.15) is 0 Å². The molecule has 1 aromatic heterocycles. The summed E-state index contributed by atoms with van der Waals surface area (Å²) in [6.45, 7) is 3.60. The Bertz CT molecular complexity index is 513. The van der Waals surface area contributed by atoms with Gasteiger partial charge >= 0.3 is 0 Å². The summed E-state index contributed by atoms with van der Waals surface area (Å²) in [5.41, 5.74) is 6.72. The Morgan fingerprint density at radius 1 is 1.50 bits per heavy atom. The summed E-state index contributed by atoms with van der Waals surface area (Å²) in [6.07, 6.45) is 3.44. The van der Waals surface area contributed by atoms with Gasteiger partial charge in [-0.1, -0.05) is 19.1 Å². The van der Waals surface area contributed by atoms with Crippen molar-refractivity contribution in [3.05, 3.63) is 23.8 Å². The summed E-state index contributed by atoms with van der Waals surface area (Å²) in [6, 6.07) is 0. The second-order valence-electron chi connectivity index (χ2n) is 3.81. The zero-order chi connectivity index (χ0) is 13.8. The monoisotopic (exact) mass is 288 g/mol. The van der Waals surface area contributed by atoms with Crippen molar-refractivity contribution >= 4 is 27.2 Å². The first-order chi connectivity index (χ1) is 8.36. The molecule has 1 unspecified atom stereocenters. The van der Waals surface area contributed by atoms with E-state index >= 15 is 0 Å². The van der Waals surface area contributed by atoms with Crippen molar-refractivity contribution in [3.63, 3.8) is 0 Å². The average Bonchev–Trinajstić information content (AvgIpc) is 2.28.